The van der Waals surface area contributed by atoms with Crippen molar-refractivity contribution in [3.05, 3.63) is 83.7 Å². The zero-order valence-electron chi connectivity index (χ0n) is 15.3. The topological polar surface area (TPSA) is 59.8 Å². The normalized spacial score (nSPS) is 10.9. The maximum Gasteiger partial charge on any atom is 0.259 e. The average molecular weight is 356 g/mol. The van der Waals surface area contributed by atoms with Crippen molar-refractivity contribution in [1.82, 2.24) is 14.8 Å². The minimum absolute atomic E-state index is 0.177. The number of aryl methyl sites for hydroxylation is 1. The van der Waals surface area contributed by atoms with Gasteiger partial charge in [-0.2, -0.15) is 5.10 Å². The van der Waals surface area contributed by atoms with Crippen molar-refractivity contribution in [2.24, 2.45) is 0 Å². The Bertz CT molecular complexity index is 1110. The molecule has 0 saturated carbocycles. The Kier molecular flexibility index (Phi) is 4.42. The molecule has 2 aromatic heterocycles. The number of aromatic nitrogens is 3. The summed E-state index contributed by atoms with van der Waals surface area (Å²) in [5, 5.41) is 8.38. The second-order valence-corrected chi connectivity index (χ2v) is 6.42. The van der Waals surface area contributed by atoms with Gasteiger partial charge in [0, 0.05) is 11.1 Å². The Morgan fingerprint density at radius 2 is 1.81 bits per heavy atom. The van der Waals surface area contributed by atoms with Crippen LogP contribution in [0.1, 0.15) is 28.5 Å². The molecule has 2 heterocycles. The van der Waals surface area contributed by atoms with Gasteiger partial charge in [-0.3, -0.25) is 4.79 Å². The van der Waals surface area contributed by atoms with Gasteiger partial charge in [-0.1, -0.05) is 37.3 Å². The standard InChI is InChI=1S/C22H20N4O/c1-3-16-8-11-18(12-9-16)24-22(27)19-14-23-26(15(19)2)21-13-10-17-6-4-5-7-20(17)25-21/h4-14H,3H2,1-2H3,(H,24,27). The van der Waals surface area contributed by atoms with Gasteiger partial charge in [0.05, 0.1) is 23.0 Å². The highest BCUT2D eigenvalue weighted by Crippen LogP contribution is 2.18. The van der Waals surface area contributed by atoms with Crippen molar-refractivity contribution in [3.63, 3.8) is 0 Å². The largest absolute Gasteiger partial charge is 0.322 e. The molecule has 0 radical (unpaired) electrons. The molecule has 5 nitrogen and oxygen atoms in total. The first-order chi connectivity index (χ1) is 13.2. The zero-order chi connectivity index (χ0) is 18.8. The van der Waals surface area contributed by atoms with Gasteiger partial charge in [0.15, 0.2) is 5.82 Å². The number of hydrogen-bond acceptors (Lipinski definition) is 3. The van der Waals surface area contributed by atoms with E-state index in [4.69, 9.17) is 0 Å². The van der Waals surface area contributed by atoms with Crippen LogP contribution in [0.25, 0.3) is 16.7 Å². The van der Waals surface area contributed by atoms with Gasteiger partial charge in [0.25, 0.3) is 5.91 Å². The summed E-state index contributed by atoms with van der Waals surface area (Å²) in [5.74, 6) is 0.515. The van der Waals surface area contributed by atoms with Crippen LogP contribution in [0.5, 0.6) is 0 Å². The molecule has 0 aliphatic heterocycles. The molecule has 0 fully saturated rings. The number of fused-ring (bicyclic) bond motifs is 1. The molecule has 2 aromatic carbocycles. The van der Waals surface area contributed by atoms with Crippen LogP contribution in [-0.2, 0) is 6.42 Å². The molecule has 1 amide bonds. The van der Waals surface area contributed by atoms with Crippen molar-refractivity contribution < 1.29 is 4.79 Å². The number of benzene rings is 2. The predicted octanol–water partition coefficient (Wildman–Crippen LogP) is 4.54. The van der Waals surface area contributed by atoms with Crippen LogP contribution < -0.4 is 5.32 Å². The lowest BCUT2D eigenvalue weighted by Crippen LogP contribution is -2.13. The van der Waals surface area contributed by atoms with E-state index in [0.29, 0.717) is 11.4 Å². The Hall–Kier alpha value is -3.47. The van der Waals surface area contributed by atoms with Gasteiger partial charge in [-0.25, -0.2) is 9.67 Å². The summed E-state index contributed by atoms with van der Waals surface area (Å²) >= 11 is 0. The van der Waals surface area contributed by atoms with Gasteiger partial charge >= 0.3 is 0 Å². The van der Waals surface area contributed by atoms with E-state index in [0.717, 1.165) is 28.7 Å². The first-order valence-electron chi connectivity index (χ1n) is 8.97. The van der Waals surface area contributed by atoms with E-state index in [9.17, 15) is 4.79 Å². The smallest absolute Gasteiger partial charge is 0.259 e. The van der Waals surface area contributed by atoms with E-state index >= 15 is 0 Å². The maximum absolute atomic E-state index is 12.7. The first kappa shape index (κ1) is 17.0. The summed E-state index contributed by atoms with van der Waals surface area (Å²) in [6, 6.07) is 19.7. The van der Waals surface area contributed by atoms with E-state index in [-0.39, 0.29) is 5.91 Å². The Morgan fingerprint density at radius 3 is 2.59 bits per heavy atom. The molecule has 0 spiro atoms. The van der Waals surface area contributed by atoms with Crippen LogP contribution in [0.3, 0.4) is 0 Å². The van der Waals surface area contributed by atoms with Crippen molar-refractivity contribution in [2.45, 2.75) is 20.3 Å². The van der Waals surface area contributed by atoms with Crippen molar-refractivity contribution in [3.8, 4) is 5.82 Å². The van der Waals surface area contributed by atoms with Gasteiger partial charge in [-0.05, 0) is 49.2 Å². The minimum Gasteiger partial charge on any atom is -0.322 e. The second-order valence-electron chi connectivity index (χ2n) is 6.42. The third kappa shape index (κ3) is 3.31. The van der Waals surface area contributed by atoms with E-state index in [1.165, 1.54) is 5.56 Å². The number of pyridine rings is 1. The van der Waals surface area contributed by atoms with Crippen molar-refractivity contribution in [1.29, 1.82) is 0 Å². The molecule has 0 aliphatic carbocycles. The Balaban J connectivity index is 1.61. The molecule has 4 aromatic rings. The number of nitrogens with one attached hydrogen (secondary N) is 1. The maximum atomic E-state index is 12.7. The molecule has 0 aliphatic rings. The molecule has 134 valence electrons. The lowest BCUT2D eigenvalue weighted by molar-refractivity contribution is 0.102. The molecule has 27 heavy (non-hydrogen) atoms. The lowest BCUT2D eigenvalue weighted by atomic mass is 10.1. The van der Waals surface area contributed by atoms with Crippen LogP contribution in [0.15, 0.2) is 66.9 Å². The van der Waals surface area contributed by atoms with Crippen LogP contribution >= 0.6 is 0 Å². The first-order valence-corrected chi connectivity index (χ1v) is 8.97. The van der Waals surface area contributed by atoms with Gasteiger partial charge < -0.3 is 5.32 Å². The number of rotatable bonds is 4. The Morgan fingerprint density at radius 1 is 1.04 bits per heavy atom. The van der Waals surface area contributed by atoms with Crippen molar-refractivity contribution in [2.75, 3.05) is 5.32 Å². The summed E-state index contributed by atoms with van der Waals surface area (Å²) < 4.78 is 1.70. The van der Waals surface area contributed by atoms with Gasteiger partial charge in [0.2, 0.25) is 0 Å². The lowest BCUT2D eigenvalue weighted by Gasteiger charge is -2.07. The van der Waals surface area contributed by atoms with Crippen LogP contribution in [0.2, 0.25) is 0 Å². The highest BCUT2D eigenvalue weighted by atomic mass is 16.1. The molecular formula is C22H20N4O. The molecule has 0 unspecified atom stereocenters. The number of amides is 1. The number of para-hydroxylation sites is 1. The third-order valence-corrected chi connectivity index (χ3v) is 4.68. The van der Waals surface area contributed by atoms with E-state index < -0.39 is 0 Å². The number of hydrogen-bond donors (Lipinski definition) is 1. The van der Waals surface area contributed by atoms with Crippen LogP contribution in [-0.4, -0.2) is 20.7 Å². The molecule has 1 N–H and O–H groups in total. The zero-order valence-corrected chi connectivity index (χ0v) is 15.3. The fraction of sp³-hybridized carbons (Fsp3) is 0.136. The number of nitrogens with zero attached hydrogens (tertiary/aromatic N) is 3. The molecule has 0 bridgehead atoms. The highest BCUT2D eigenvalue weighted by molar-refractivity contribution is 6.05. The fourth-order valence-corrected chi connectivity index (χ4v) is 3.06. The third-order valence-electron chi connectivity index (χ3n) is 4.68. The Labute approximate surface area is 157 Å². The van der Waals surface area contributed by atoms with Crippen LogP contribution in [0.4, 0.5) is 5.69 Å². The quantitative estimate of drug-likeness (QED) is 0.584. The monoisotopic (exact) mass is 356 g/mol. The summed E-state index contributed by atoms with van der Waals surface area (Å²) in [6.45, 7) is 3.98. The fourth-order valence-electron chi connectivity index (χ4n) is 3.06. The molecule has 0 atom stereocenters. The number of carbonyl (C=O) groups is 1. The van der Waals surface area contributed by atoms with Crippen molar-refractivity contribution >= 4 is 22.5 Å². The predicted molar refractivity (Wildman–Crippen MR) is 107 cm³/mol. The van der Waals surface area contributed by atoms with Crippen LogP contribution in [0, 0.1) is 6.92 Å². The summed E-state index contributed by atoms with van der Waals surface area (Å²) in [5.41, 5.74) is 4.18. The average Bonchev–Trinajstić information content (AvgIpc) is 3.09. The summed E-state index contributed by atoms with van der Waals surface area (Å²) in [7, 11) is 0. The second kappa shape index (κ2) is 7.03. The molecular weight excluding hydrogens is 336 g/mol. The van der Waals surface area contributed by atoms with E-state index in [2.05, 4.69) is 22.3 Å². The number of anilines is 1. The molecule has 0 saturated heterocycles. The van der Waals surface area contributed by atoms with Gasteiger partial charge in [0.1, 0.15) is 0 Å². The molecule has 4 rings (SSSR count). The van der Waals surface area contributed by atoms with E-state index in [1.807, 2.05) is 67.6 Å². The summed E-state index contributed by atoms with van der Waals surface area (Å²) in [4.78, 5) is 17.3. The minimum atomic E-state index is -0.177. The number of carbonyl (C=O) groups excluding carboxylic acids is 1. The molecule has 5 heteroatoms. The van der Waals surface area contributed by atoms with E-state index in [1.54, 1.807) is 10.9 Å². The SMILES string of the molecule is CCc1ccc(NC(=O)c2cnn(-c3ccc4ccccc4n3)c2C)cc1. The van der Waals surface area contributed by atoms with Gasteiger partial charge in [-0.15, -0.1) is 0 Å². The highest BCUT2D eigenvalue weighted by Gasteiger charge is 2.16. The summed E-state index contributed by atoms with van der Waals surface area (Å²) in [6.07, 6.45) is 2.56.